The summed E-state index contributed by atoms with van der Waals surface area (Å²) in [5.41, 5.74) is 3.31. The van der Waals surface area contributed by atoms with E-state index in [9.17, 15) is 9.59 Å². The van der Waals surface area contributed by atoms with Gasteiger partial charge in [-0.25, -0.2) is 4.98 Å². The number of ether oxygens (including phenoxy) is 2. The Morgan fingerprint density at radius 2 is 1.97 bits per heavy atom. The lowest BCUT2D eigenvalue weighted by molar-refractivity contribution is -0.116. The van der Waals surface area contributed by atoms with Crippen molar-refractivity contribution in [2.45, 2.75) is 50.1 Å². The fourth-order valence-electron chi connectivity index (χ4n) is 3.91. The maximum absolute atomic E-state index is 13.1. The van der Waals surface area contributed by atoms with E-state index in [0.717, 1.165) is 11.1 Å². The number of nitrogens with zero attached hydrogens (tertiary/aromatic N) is 1. The molecule has 0 aliphatic carbocycles. The minimum absolute atomic E-state index is 0.00583. The lowest BCUT2D eigenvalue weighted by Gasteiger charge is -2.25. The van der Waals surface area contributed by atoms with E-state index < -0.39 is 5.92 Å². The van der Waals surface area contributed by atoms with Gasteiger partial charge in [-0.15, -0.1) is 0 Å². The van der Waals surface area contributed by atoms with E-state index in [4.69, 9.17) is 9.47 Å². The van der Waals surface area contributed by atoms with Gasteiger partial charge in [0.1, 0.15) is 5.82 Å². The molecule has 1 aromatic heterocycles. The van der Waals surface area contributed by atoms with Crippen molar-refractivity contribution in [3.63, 3.8) is 0 Å². The number of hydrogen-bond acceptors (Lipinski definition) is 6. The zero-order chi connectivity index (χ0) is 23.5. The van der Waals surface area contributed by atoms with Gasteiger partial charge in [-0.05, 0) is 44.0 Å². The monoisotopic (exact) mass is 465 g/mol. The molecule has 1 amide bonds. The number of rotatable bonds is 7. The van der Waals surface area contributed by atoms with E-state index in [-0.39, 0.29) is 24.0 Å². The number of benzene rings is 2. The van der Waals surface area contributed by atoms with Crippen molar-refractivity contribution < 1.29 is 14.3 Å². The van der Waals surface area contributed by atoms with Crippen molar-refractivity contribution in [3.8, 4) is 11.5 Å². The highest BCUT2D eigenvalue weighted by Crippen LogP contribution is 2.38. The number of methoxy groups -OCH3 is 1. The third-order valence-electron chi connectivity index (χ3n) is 5.34. The van der Waals surface area contributed by atoms with Gasteiger partial charge in [-0.2, -0.15) is 0 Å². The lowest BCUT2D eigenvalue weighted by Crippen LogP contribution is -2.31. The highest BCUT2D eigenvalue weighted by atomic mass is 32.2. The highest BCUT2D eigenvalue weighted by Gasteiger charge is 2.31. The summed E-state index contributed by atoms with van der Waals surface area (Å²) >= 11 is 1.43. The second kappa shape index (κ2) is 9.70. The summed E-state index contributed by atoms with van der Waals surface area (Å²) in [6.45, 7) is 5.92. The van der Waals surface area contributed by atoms with Crippen molar-refractivity contribution in [3.05, 3.63) is 75.1 Å². The van der Waals surface area contributed by atoms with Gasteiger partial charge in [-0.3, -0.25) is 9.59 Å². The van der Waals surface area contributed by atoms with Gasteiger partial charge in [-0.1, -0.05) is 47.7 Å². The number of amides is 1. The number of carbonyl (C=O) groups excluding carboxylic acids is 1. The van der Waals surface area contributed by atoms with Crippen molar-refractivity contribution in [2.24, 2.45) is 0 Å². The topological polar surface area (TPSA) is 93.3 Å². The molecule has 2 aromatic carbocycles. The number of carbonyl (C=O) groups is 1. The first-order chi connectivity index (χ1) is 15.8. The van der Waals surface area contributed by atoms with E-state index >= 15 is 0 Å². The summed E-state index contributed by atoms with van der Waals surface area (Å²) < 4.78 is 11.3. The number of aromatic nitrogens is 2. The molecule has 1 atom stereocenters. The molecule has 4 rings (SSSR count). The maximum atomic E-state index is 13.1. The number of aryl methyl sites for hydroxylation is 1. The third kappa shape index (κ3) is 5.22. The average Bonchev–Trinajstić information content (AvgIpc) is 2.77. The molecule has 0 bridgehead atoms. The van der Waals surface area contributed by atoms with Crippen LogP contribution in [0.3, 0.4) is 0 Å². The van der Waals surface area contributed by atoms with Gasteiger partial charge in [0.25, 0.3) is 5.56 Å². The van der Waals surface area contributed by atoms with Crippen molar-refractivity contribution in [2.75, 3.05) is 12.4 Å². The largest absolute Gasteiger partial charge is 0.493 e. The SMILES string of the molecule is COc1cc(C2CC(=O)Nc3nc(SCc4cccc(C)c4)[nH]c(=O)c32)ccc1OC(C)C. The van der Waals surface area contributed by atoms with Crippen LogP contribution in [0.1, 0.15) is 48.4 Å². The summed E-state index contributed by atoms with van der Waals surface area (Å²) in [6.07, 6.45) is 0.148. The van der Waals surface area contributed by atoms with Gasteiger partial charge in [0.2, 0.25) is 5.91 Å². The van der Waals surface area contributed by atoms with Crippen LogP contribution in [-0.2, 0) is 10.5 Å². The van der Waals surface area contributed by atoms with E-state index in [1.807, 2.05) is 57.2 Å². The molecular weight excluding hydrogens is 438 g/mol. The summed E-state index contributed by atoms with van der Waals surface area (Å²) in [6, 6.07) is 13.7. The minimum atomic E-state index is -0.428. The second-order valence-electron chi connectivity index (χ2n) is 8.29. The third-order valence-corrected chi connectivity index (χ3v) is 6.28. The molecule has 0 spiro atoms. The van der Waals surface area contributed by atoms with Gasteiger partial charge < -0.3 is 19.8 Å². The fourth-order valence-corrected chi connectivity index (χ4v) is 4.71. The number of H-pyrrole nitrogens is 1. The molecule has 2 N–H and O–H groups in total. The van der Waals surface area contributed by atoms with Crippen LogP contribution >= 0.6 is 11.8 Å². The Labute approximate surface area is 196 Å². The summed E-state index contributed by atoms with van der Waals surface area (Å²) in [5, 5.41) is 3.25. The van der Waals surface area contributed by atoms with Crippen LogP contribution in [0.15, 0.2) is 52.4 Å². The minimum Gasteiger partial charge on any atom is -0.493 e. The van der Waals surface area contributed by atoms with Gasteiger partial charge in [0.05, 0.1) is 18.8 Å². The predicted molar refractivity (Wildman–Crippen MR) is 129 cm³/mol. The average molecular weight is 466 g/mol. The lowest BCUT2D eigenvalue weighted by atomic mass is 9.86. The number of hydrogen-bond donors (Lipinski definition) is 2. The first-order valence-electron chi connectivity index (χ1n) is 10.8. The molecule has 1 unspecified atom stereocenters. The zero-order valence-electron chi connectivity index (χ0n) is 19.1. The molecule has 7 nitrogen and oxygen atoms in total. The maximum Gasteiger partial charge on any atom is 0.257 e. The van der Waals surface area contributed by atoms with Crippen molar-refractivity contribution in [1.29, 1.82) is 0 Å². The molecular formula is C25H27N3O4S. The summed E-state index contributed by atoms with van der Waals surface area (Å²) in [5.74, 6) is 1.54. The normalized spacial score (nSPS) is 15.2. The second-order valence-corrected chi connectivity index (χ2v) is 9.26. The van der Waals surface area contributed by atoms with Crippen LogP contribution in [0.4, 0.5) is 5.82 Å². The van der Waals surface area contributed by atoms with E-state index in [1.54, 1.807) is 7.11 Å². The molecule has 1 aliphatic rings. The Morgan fingerprint density at radius 3 is 2.70 bits per heavy atom. The van der Waals surface area contributed by atoms with Crippen molar-refractivity contribution in [1.82, 2.24) is 9.97 Å². The highest BCUT2D eigenvalue weighted by molar-refractivity contribution is 7.98. The molecule has 1 aliphatic heterocycles. The van der Waals surface area contributed by atoms with Crippen LogP contribution in [0, 0.1) is 6.92 Å². The first-order valence-corrected chi connectivity index (χ1v) is 11.8. The summed E-state index contributed by atoms with van der Waals surface area (Å²) in [4.78, 5) is 33.0. The smallest absolute Gasteiger partial charge is 0.257 e. The molecule has 172 valence electrons. The van der Waals surface area contributed by atoms with Gasteiger partial charge >= 0.3 is 0 Å². The Kier molecular flexibility index (Phi) is 6.74. The quantitative estimate of drug-likeness (QED) is 0.390. The standard InChI is InChI=1S/C25H27N3O4S/c1-14(2)32-19-9-8-17(11-20(19)31-4)18-12-21(29)26-23-22(18)24(30)28-25(27-23)33-13-16-7-5-6-15(3)10-16/h5-11,14,18H,12-13H2,1-4H3,(H2,26,27,28,29,30). The van der Waals surface area contributed by atoms with E-state index in [2.05, 4.69) is 21.4 Å². The first kappa shape index (κ1) is 22.9. The summed E-state index contributed by atoms with van der Waals surface area (Å²) in [7, 11) is 1.57. The molecule has 33 heavy (non-hydrogen) atoms. The Hall–Kier alpha value is -3.26. The Morgan fingerprint density at radius 1 is 1.15 bits per heavy atom. The molecule has 2 heterocycles. The molecule has 8 heteroatoms. The fraction of sp³-hybridized carbons (Fsp3) is 0.320. The van der Waals surface area contributed by atoms with Crippen LogP contribution in [0.5, 0.6) is 11.5 Å². The molecule has 0 saturated heterocycles. The predicted octanol–water partition coefficient (Wildman–Crippen LogP) is 4.64. The number of thioether (sulfide) groups is 1. The number of aromatic amines is 1. The van der Waals surface area contributed by atoms with Crippen LogP contribution in [0.2, 0.25) is 0 Å². The van der Waals surface area contributed by atoms with E-state index in [0.29, 0.717) is 33.8 Å². The number of fused-ring (bicyclic) bond motifs is 1. The van der Waals surface area contributed by atoms with Gasteiger partial charge in [0.15, 0.2) is 16.7 Å². The molecule has 0 radical (unpaired) electrons. The molecule has 0 saturated carbocycles. The van der Waals surface area contributed by atoms with Crippen LogP contribution in [-0.4, -0.2) is 29.1 Å². The Bertz CT molecular complexity index is 1240. The van der Waals surface area contributed by atoms with E-state index in [1.165, 1.54) is 17.3 Å². The zero-order valence-corrected chi connectivity index (χ0v) is 19.9. The van der Waals surface area contributed by atoms with Crippen LogP contribution < -0.4 is 20.3 Å². The van der Waals surface area contributed by atoms with Crippen LogP contribution in [0.25, 0.3) is 0 Å². The van der Waals surface area contributed by atoms with Gasteiger partial charge in [0, 0.05) is 18.1 Å². The Balaban J connectivity index is 1.65. The number of anilines is 1. The van der Waals surface area contributed by atoms with Crippen molar-refractivity contribution >= 4 is 23.5 Å². The molecule has 0 fully saturated rings. The number of nitrogens with one attached hydrogen (secondary N) is 2. The molecule has 3 aromatic rings.